The first-order valence-corrected chi connectivity index (χ1v) is 4.50. The number of aliphatic hydroxyl groups excluding tert-OH is 2. The third-order valence-corrected chi connectivity index (χ3v) is 2.47. The summed E-state index contributed by atoms with van der Waals surface area (Å²) in [6, 6.07) is 0. The van der Waals surface area contributed by atoms with Crippen molar-refractivity contribution in [3.8, 4) is 0 Å². The first-order chi connectivity index (χ1) is 5.91. The lowest BCUT2D eigenvalue weighted by molar-refractivity contribution is -0.147. The van der Waals surface area contributed by atoms with Gasteiger partial charge in [-0.15, -0.1) is 0 Å². The van der Waals surface area contributed by atoms with Gasteiger partial charge in [0.05, 0.1) is 18.1 Å². The number of carboxylic acid groups (broad SMARTS) is 1. The summed E-state index contributed by atoms with van der Waals surface area (Å²) < 4.78 is 0. The second kappa shape index (κ2) is 5.19. The molecule has 0 saturated carbocycles. The SMILES string of the molecule is CCC(O)[C@H](C)[C@H](O)[C@@H](C)C(=O)O. The average molecular weight is 190 g/mol. The molecule has 0 aliphatic rings. The average Bonchev–Trinajstić information content (AvgIpc) is 2.12. The molecule has 3 N–H and O–H groups in total. The van der Waals surface area contributed by atoms with Gasteiger partial charge >= 0.3 is 5.97 Å². The van der Waals surface area contributed by atoms with Crippen molar-refractivity contribution < 1.29 is 20.1 Å². The second-order valence-corrected chi connectivity index (χ2v) is 3.45. The van der Waals surface area contributed by atoms with Crippen LogP contribution < -0.4 is 0 Å². The molecular formula is C9H18O4. The van der Waals surface area contributed by atoms with Crippen molar-refractivity contribution in [2.75, 3.05) is 0 Å². The van der Waals surface area contributed by atoms with Gasteiger partial charge in [-0.05, 0) is 13.3 Å². The second-order valence-electron chi connectivity index (χ2n) is 3.45. The summed E-state index contributed by atoms with van der Waals surface area (Å²) in [5, 5.41) is 27.5. The fourth-order valence-electron chi connectivity index (χ4n) is 1.20. The Hall–Kier alpha value is -0.610. The molecule has 1 unspecified atom stereocenters. The summed E-state index contributed by atoms with van der Waals surface area (Å²) in [6.45, 7) is 4.88. The standard InChI is InChI=1S/C9H18O4/c1-4-7(10)5(2)8(11)6(3)9(12)13/h5-8,10-11H,4H2,1-3H3,(H,12,13)/t5-,6+,7?,8-/m0/s1. The highest BCUT2D eigenvalue weighted by Crippen LogP contribution is 2.18. The minimum Gasteiger partial charge on any atom is -0.481 e. The molecule has 0 saturated heterocycles. The van der Waals surface area contributed by atoms with E-state index in [1.165, 1.54) is 6.92 Å². The third kappa shape index (κ3) is 3.32. The fraction of sp³-hybridized carbons (Fsp3) is 0.889. The molecule has 0 heterocycles. The molecule has 4 nitrogen and oxygen atoms in total. The van der Waals surface area contributed by atoms with E-state index in [1.54, 1.807) is 13.8 Å². The van der Waals surface area contributed by atoms with E-state index in [-0.39, 0.29) is 0 Å². The van der Waals surface area contributed by atoms with Crippen LogP contribution in [-0.4, -0.2) is 33.5 Å². The highest BCUT2D eigenvalue weighted by atomic mass is 16.4. The van der Waals surface area contributed by atoms with E-state index < -0.39 is 30.0 Å². The number of rotatable bonds is 5. The molecule has 0 aromatic carbocycles. The number of aliphatic carboxylic acids is 1. The van der Waals surface area contributed by atoms with Crippen LogP contribution in [0.25, 0.3) is 0 Å². The van der Waals surface area contributed by atoms with Crippen LogP contribution in [-0.2, 0) is 4.79 Å². The van der Waals surface area contributed by atoms with Crippen LogP contribution in [0.15, 0.2) is 0 Å². The van der Waals surface area contributed by atoms with E-state index in [1.807, 2.05) is 0 Å². The summed E-state index contributed by atoms with van der Waals surface area (Å²) in [4.78, 5) is 10.5. The van der Waals surface area contributed by atoms with Crippen molar-refractivity contribution in [1.29, 1.82) is 0 Å². The molecule has 0 spiro atoms. The lowest BCUT2D eigenvalue weighted by Gasteiger charge is -2.25. The highest BCUT2D eigenvalue weighted by molar-refractivity contribution is 5.70. The largest absolute Gasteiger partial charge is 0.481 e. The van der Waals surface area contributed by atoms with Crippen LogP contribution in [0.1, 0.15) is 27.2 Å². The normalized spacial score (nSPS) is 20.4. The zero-order valence-corrected chi connectivity index (χ0v) is 8.27. The van der Waals surface area contributed by atoms with Crippen LogP contribution in [0, 0.1) is 11.8 Å². The Morgan fingerprint density at radius 3 is 2.08 bits per heavy atom. The smallest absolute Gasteiger partial charge is 0.308 e. The Balaban J connectivity index is 4.24. The third-order valence-electron chi connectivity index (χ3n) is 2.47. The van der Waals surface area contributed by atoms with Crippen molar-refractivity contribution in [3.05, 3.63) is 0 Å². The summed E-state index contributed by atoms with van der Waals surface area (Å²) in [6.07, 6.45) is -1.12. The predicted molar refractivity (Wildman–Crippen MR) is 48.3 cm³/mol. The molecule has 0 bridgehead atoms. The molecule has 4 atom stereocenters. The Morgan fingerprint density at radius 2 is 1.77 bits per heavy atom. The van der Waals surface area contributed by atoms with Crippen molar-refractivity contribution in [3.63, 3.8) is 0 Å². The van der Waals surface area contributed by atoms with Crippen molar-refractivity contribution in [2.24, 2.45) is 11.8 Å². The van der Waals surface area contributed by atoms with Gasteiger partial charge in [0.25, 0.3) is 0 Å². The van der Waals surface area contributed by atoms with Gasteiger partial charge in [0.2, 0.25) is 0 Å². The summed E-state index contributed by atoms with van der Waals surface area (Å²) in [5.41, 5.74) is 0. The molecule has 0 fully saturated rings. The van der Waals surface area contributed by atoms with Crippen molar-refractivity contribution >= 4 is 5.97 Å². The summed E-state index contributed by atoms with van der Waals surface area (Å²) in [7, 11) is 0. The molecule has 0 aromatic heterocycles. The molecule has 0 aliphatic heterocycles. The van der Waals surface area contributed by atoms with Gasteiger partial charge in [-0.2, -0.15) is 0 Å². The summed E-state index contributed by atoms with van der Waals surface area (Å²) in [5.74, 6) is -2.28. The minimum absolute atomic E-state index is 0.406. The Morgan fingerprint density at radius 1 is 1.31 bits per heavy atom. The maximum absolute atomic E-state index is 10.5. The Kier molecular flexibility index (Phi) is 4.95. The number of hydrogen-bond acceptors (Lipinski definition) is 3. The van der Waals surface area contributed by atoms with Crippen LogP contribution >= 0.6 is 0 Å². The highest BCUT2D eigenvalue weighted by Gasteiger charge is 2.29. The molecule has 0 aromatic rings. The number of carboxylic acids is 1. The van der Waals surface area contributed by atoms with E-state index in [2.05, 4.69) is 0 Å². The number of carbonyl (C=O) groups is 1. The lowest BCUT2D eigenvalue weighted by atomic mass is 9.88. The quantitative estimate of drug-likeness (QED) is 0.589. The molecule has 78 valence electrons. The summed E-state index contributed by atoms with van der Waals surface area (Å²) >= 11 is 0. The van der Waals surface area contributed by atoms with Gasteiger partial charge in [0, 0.05) is 5.92 Å². The van der Waals surface area contributed by atoms with Crippen LogP contribution in [0.5, 0.6) is 0 Å². The zero-order chi connectivity index (χ0) is 10.6. The lowest BCUT2D eigenvalue weighted by Crippen LogP contribution is -2.37. The van der Waals surface area contributed by atoms with E-state index in [4.69, 9.17) is 5.11 Å². The maximum atomic E-state index is 10.5. The molecule has 0 rings (SSSR count). The van der Waals surface area contributed by atoms with Crippen LogP contribution in [0.3, 0.4) is 0 Å². The molecule has 0 aliphatic carbocycles. The first-order valence-electron chi connectivity index (χ1n) is 4.50. The van der Waals surface area contributed by atoms with Gasteiger partial charge in [-0.1, -0.05) is 13.8 Å². The van der Waals surface area contributed by atoms with E-state index >= 15 is 0 Å². The first kappa shape index (κ1) is 12.4. The Bertz CT molecular complexity index is 169. The van der Waals surface area contributed by atoms with Gasteiger partial charge in [0.15, 0.2) is 0 Å². The number of aliphatic hydroxyl groups is 2. The van der Waals surface area contributed by atoms with Gasteiger partial charge in [0.1, 0.15) is 0 Å². The van der Waals surface area contributed by atoms with Crippen LogP contribution in [0.2, 0.25) is 0 Å². The van der Waals surface area contributed by atoms with E-state index in [0.717, 1.165) is 0 Å². The van der Waals surface area contributed by atoms with Gasteiger partial charge < -0.3 is 15.3 Å². The molecule has 0 radical (unpaired) electrons. The monoisotopic (exact) mass is 190 g/mol. The van der Waals surface area contributed by atoms with Gasteiger partial charge in [-0.25, -0.2) is 0 Å². The van der Waals surface area contributed by atoms with Crippen molar-refractivity contribution in [1.82, 2.24) is 0 Å². The topological polar surface area (TPSA) is 77.8 Å². The van der Waals surface area contributed by atoms with E-state index in [0.29, 0.717) is 6.42 Å². The zero-order valence-electron chi connectivity index (χ0n) is 8.27. The Labute approximate surface area is 78.2 Å². The molecule has 13 heavy (non-hydrogen) atoms. The minimum atomic E-state index is -1.04. The fourth-order valence-corrected chi connectivity index (χ4v) is 1.20. The van der Waals surface area contributed by atoms with Gasteiger partial charge in [-0.3, -0.25) is 4.79 Å². The maximum Gasteiger partial charge on any atom is 0.308 e. The molecule has 4 heteroatoms. The predicted octanol–water partition coefficient (Wildman–Crippen LogP) is 0.475. The van der Waals surface area contributed by atoms with E-state index in [9.17, 15) is 15.0 Å². The molecule has 0 amide bonds. The van der Waals surface area contributed by atoms with Crippen molar-refractivity contribution in [2.45, 2.75) is 39.4 Å². The molecular weight excluding hydrogens is 172 g/mol. The van der Waals surface area contributed by atoms with Crippen LogP contribution in [0.4, 0.5) is 0 Å². The number of hydrogen-bond donors (Lipinski definition) is 3.